The third kappa shape index (κ3) is 4.45. The van der Waals surface area contributed by atoms with Crippen molar-refractivity contribution in [2.45, 2.75) is 55.3 Å². The minimum atomic E-state index is -4.85. The minimum absolute atomic E-state index is 0.0532. The van der Waals surface area contributed by atoms with Crippen LogP contribution in [0.5, 0.6) is 5.75 Å². The van der Waals surface area contributed by atoms with Crippen LogP contribution in [0, 0.1) is 17.8 Å². The molecule has 0 spiro atoms. The zero-order valence-electron chi connectivity index (χ0n) is 15.6. The Bertz CT molecular complexity index is 865. The van der Waals surface area contributed by atoms with Crippen molar-refractivity contribution in [3.05, 3.63) is 24.3 Å². The first-order chi connectivity index (χ1) is 13.6. The van der Waals surface area contributed by atoms with Crippen LogP contribution in [0.2, 0.25) is 0 Å². The zero-order valence-corrected chi connectivity index (χ0v) is 16.4. The summed E-state index contributed by atoms with van der Waals surface area (Å²) in [5.74, 6) is 6.85. The number of hydrogen-bond acceptors (Lipinski definition) is 5. The molecule has 0 amide bonds. The summed E-state index contributed by atoms with van der Waals surface area (Å²) in [5.41, 5.74) is 2.03. The Kier molecular flexibility index (Phi) is 4.93. The Hall–Kier alpha value is -2.01. The molecule has 0 aliphatic heterocycles. The van der Waals surface area contributed by atoms with Gasteiger partial charge in [0.25, 0.3) is 10.0 Å². The van der Waals surface area contributed by atoms with E-state index in [0.717, 1.165) is 43.5 Å². The van der Waals surface area contributed by atoms with E-state index < -0.39 is 22.1 Å². The van der Waals surface area contributed by atoms with Crippen LogP contribution in [0.1, 0.15) is 38.5 Å². The van der Waals surface area contributed by atoms with Crippen molar-refractivity contribution in [3.63, 3.8) is 0 Å². The number of nitrogens with two attached hydrogens (primary N) is 1. The average molecular weight is 432 g/mol. The number of rotatable bonds is 4. The second-order valence-electron chi connectivity index (χ2n) is 8.37. The van der Waals surface area contributed by atoms with Gasteiger partial charge in [-0.05, 0) is 80.5 Å². The van der Waals surface area contributed by atoms with Crippen molar-refractivity contribution >= 4 is 16.0 Å². The molecule has 4 aliphatic rings. The van der Waals surface area contributed by atoms with Gasteiger partial charge in [0.15, 0.2) is 0 Å². The maximum absolute atomic E-state index is 12.6. The first kappa shape index (κ1) is 20.3. The quantitative estimate of drug-likeness (QED) is 0.294. The lowest BCUT2D eigenvalue weighted by Crippen LogP contribution is -2.53. The van der Waals surface area contributed by atoms with Crippen LogP contribution < -0.4 is 20.7 Å². The molecule has 11 heteroatoms. The largest absolute Gasteiger partial charge is 0.573 e. The second kappa shape index (κ2) is 7.05. The lowest BCUT2D eigenvalue weighted by atomic mass is 9.53. The first-order valence-electron chi connectivity index (χ1n) is 9.51. The third-order valence-corrected chi connectivity index (χ3v) is 7.45. The third-order valence-electron chi connectivity index (χ3n) is 6.09. The summed E-state index contributed by atoms with van der Waals surface area (Å²) in [4.78, 5) is 4.46. The molecule has 0 saturated heterocycles. The first-order valence-corrected chi connectivity index (χ1v) is 11.0. The summed E-state index contributed by atoms with van der Waals surface area (Å²) < 4.78 is 68.1. The number of sulfonamides is 1. The zero-order chi connectivity index (χ0) is 20.9. The lowest BCUT2D eigenvalue weighted by molar-refractivity contribution is -0.274. The normalized spacial score (nSPS) is 31.6. The summed E-state index contributed by atoms with van der Waals surface area (Å²) >= 11 is 0. The van der Waals surface area contributed by atoms with Gasteiger partial charge in [0, 0.05) is 0 Å². The fourth-order valence-corrected chi connectivity index (χ4v) is 6.50. The molecule has 4 aliphatic carbocycles. The lowest BCUT2D eigenvalue weighted by Gasteiger charge is -2.55. The van der Waals surface area contributed by atoms with Gasteiger partial charge in [-0.3, -0.25) is 5.43 Å². The van der Waals surface area contributed by atoms with E-state index in [4.69, 9.17) is 5.84 Å². The van der Waals surface area contributed by atoms with Crippen molar-refractivity contribution in [2.75, 3.05) is 0 Å². The molecule has 1 aromatic rings. The van der Waals surface area contributed by atoms with E-state index in [2.05, 4.69) is 19.9 Å². The number of halogens is 3. The molecular weight excluding hydrogens is 409 g/mol. The van der Waals surface area contributed by atoms with Crippen LogP contribution in [0.15, 0.2) is 34.2 Å². The summed E-state index contributed by atoms with van der Waals surface area (Å²) in [5, 5.41) is 0. The molecule has 0 atom stereocenters. The van der Waals surface area contributed by atoms with Crippen LogP contribution >= 0.6 is 0 Å². The Balaban J connectivity index is 1.51. The Labute approximate surface area is 166 Å². The predicted octanol–water partition coefficient (Wildman–Crippen LogP) is 2.65. The molecule has 160 valence electrons. The minimum Gasteiger partial charge on any atom is -0.406 e. The van der Waals surface area contributed by atoms with E-state index in [9.17, 15) is 21.6 Å². The molecule has 0 unspecified atom stereocenters. The van der Waals surface area contributed by atoms with Crippen LogP contribution in [0.25, 0.3) is 0 Å². The van der Waals surface area contributed by atoms with Crippen molar-refractivity contribution < 1.29 is 26.3 Å². The van der Waals surface area contributed by atoms with Gasteiger partial charge >= 0.3 is 6.36 Å². The van der Waals surface area contributed by atoms with E-state index in [1.165, 1.54) is 19.3 Å². The van der Waals surface area contributed by atoms with Crippen molar-refractivity contribution in [3.8, 4) is 5.75 Å². The fourth-order valence-electron chi connectivity index (χ4n) is 5.53. The number of benzene rings is 1. The van der Waals surface area contributed by atoms with Gasteiger partial charge in [0.2, 0.25) is 5.96 Å². The smallest absolute Gasteiger partial charge is 0.406 e. The SMILES string of the molecule is NNC(=NC12CC3CC(CC(C3)C1)C2)NS(=O)(=O)c1ccc(OC(F)(F)F)cc1. The van der Waals surface area contributed by atoms with Gasteiger partial charge in [0.1, 0.15) is 5.75 Å². The van der Waals surface area contributed by atoms with E-state index >= 15 is 0 Å². The highest BCUT2D eigenvalue weighted by Gasteiger charge is 2.51. The van der Waals surface area contributed by atoms with Gasteiger partial charge in [-0.2, -0.15) is 0 Å². The van der Waals surface area contributed by atoms with Crippen molar-refractivity contribution in [1.29, 1.82) is 0 Å². The molecule has 4 bridgehead atoms. The van der Waals surface area contributed by atoms with Crippen LogP contribution in [-0.4, -0.2) is 26.3 Å². The topological polar surface area (TPSA) is 106 Å². The number of aliphatic imine (C=N–C) groups is 1. The molecule has 0 aromatic heterocycles. The molecule has 4 N–H and O–H groups in total. The van der Waals surface area contributed by atoms with Crippen LogP contribution in [0.3, 0.4) is 0 Å². The number of ether oxygens (including phenoxy) is 1. The maximum Gasteiger partial charge on any atom is 0.573 e. The highest BCUT2D eigenvalue weighted by Crippen LogP contribution is 2.57. The summed E-state index contributed by atoms with van der Waals surface area (Å²) in [6.07, 6.45) is 1.59. The number of hydrogen-bond donors (Lipinski definition) is 3. The van der Waals surface area contributed by atoms with Crippen molar-refractivity contribution in [2.24, 2.45) is 28.6 Å². The molecule has 29 heavy (non-hydrogen) atoms. The second-order valence-corrected chi connectivity index (χ2v) is 10.1. The predicted molar refractivity (Wildman–Crippen MR) is 99.1 cm³/mol. The van der Waals surface area contributed by atoms with Gasteiger partial charge in [-0.1, -0.05) is 0 Å². The molecule has 7 nitrogen and oxygen atoms in total. The van der Waals surface area contributed by atoms with E-state index in [1.54, 1.807) is 0 Å². The van der Waals surface area contributed by atoms with E-state index in [0.29, 0.717) is 17.8 Å². The van der Waals surface area contributed by atoms with Gasteiger partial charge in [-0.15, -0.1) is 13.2 Å². The summed E-state index contributed by atoms with van der Waals surface area (Å²) in [6.45, 7) is 0. The fraction of sp³-hybridized carbons (Fsp3) is 0.611. The van der Waals surface area contributed by atoms with Gasteiger partial charge in [0.05, 0.1) is 10.4 Å². The monoisotopic (exact) mass is 432 g/mol. The van der Waals surface area contributed by atoms with Crippen molar-refractivity contribution in [1.82, 2.24) is 10.1 Å². The number of nitrogens with one attached hydrogen (secondary N) is 2. The molecular formula is C18H23F3N4O3S. The molecule has 5 rings (SSSR count). The summed E-state index contributed by atoms with van der Waals surface area (Å²) in [6, 6.07) is 3.94. The molecule has 0 radical (unpaired) electrons. The van der Waals surface area contributed by atoms with E-state index in [1.807, 2.05) is 0 Å². The molecule has 4 saturated carbocycles. The maximum atomic E-state index is 12.6. The molecule has 4 fully saturated rings. The number of alkyl halides is 3. The highest BCUT2D eigenvalue weighted by atomic mass is 32.2. The standard InChI is InChI=1S/C18H23F3N4O3S/c19-18(20,21)28-14-1-3-15(4-2-14)29(26,27)25-16(24-22)23-17-8-11-5-12(9-17)7-13(6-11)10-17/h1-4,11-13H,5-10,22H2,(H2,23,24,25). The molecule has 0 heterocycles. The van der Waals surface area contributed by atoms with Crippen LogP contribution in [0.4, 0.5) is 13.2 Å². The Morgan fingerprint density at radius 1 is 1.07 bits per heavy atom. The molecule has 1 aromatic carbocycles. The number of nitrogens with zero attached hydrogens (tertiary/aromatic N) is 1. The van der Waals surface area contributed by atoms with Gasteiger partial charge < -0.3 is 4.74 Å². The van der Waals surface area contributed by atoms with Crippen LogP contribution in [-0.2, 0) is 10.0 Å². The number of guanidine groups is 1. The van der Waals surface area contributed by atoms with E-state index in [-0.39, 0.29) is 16.4 Å². The average Bonchev–Trinajstić information content (AvgIpc) is 2.58. The Morgan fingerprint density at radius 2 is 1.59 bits per heavy atom. The Morgan fingerprint density at radius 3 is 2.03 bits per heavy atom. The summed E-state index contributed by atoms with van der Waals surface area (Å²) in [7, 11) is -4.08. The highest BCUT2D eigenvalue weighted by molar-refractivity contribution is 7.90. The number of hydrazine groups is 1. The van der Waals surface area contributed by atoms with Gasteiger partial charge in [-0.25, -0.2) is 24.0 Å².